The second-order valence-electron chi connectivity index (χ2n) is 4.99. The van der Waals surface area contributed by atoms with Crippen molar-refractivity contribution < 1.29 is 9.84 Å². The molecule has 1 rings (SSSR count). The minimum Gasteiger partial charge on any atom is -0.390 e. The fourth-order valence-electron chi connectivity index (χ4n) is 2.57. The SMILES string of the molecule is CC(C)CC1(O)C[C@@H](C)O[C@@H](C)C1. The molecule has 13 heavy (non-hydrogen) atoms. The van der Waals surface area contributed by atoms with E-state index in [4.69, 9.17) is 4.74 Å². The third-order valence-corrected chi connectivity index (χ3v) is 2.59. The molecule has 0 aromatic heterocycles. The smallest absolute Gasteiger partial charge is 0.0699 e. The zero-order valence-corrected chi connectivity index (χ0v) is 9.21. The lowest BCUT2D eigenvalue weighted by atomic mass is 9.81. The van der Waals surface area contributed by atoms with Crippen LogP contribution in [0.2, 0.25) is 0 Å². The average molecular weight is 186 g/mol. The second-order valence-corrected chi connectivity index (χ2v) is 4.99. The van der Waals surface area contributed by atoms with Crippen molar-refractivity contribution in [1.29, 1.82) is 0 Å². The van der Waals surface area contributed by atoms with E-state index in [1.165, 1.54) is 0 Å². The highest BCUT2D eigenvalue weighted by Gasteiger charge is 2.36. The van der Waals surface area contributed by atoms with Crippen LogP contribution in [0.25, 0.3) is 0 Å². The van der Waals surface area contributed by atoms with E-state index in [1.807, 2.05) is 13.8 Å². The number of rotatable bonds is 2. The van der Waals surface area contributed by atoms with E-state index in [9.17, 15) is 5.11 Å². The molecule has 1 unspecified atom stereocenters. The van der Waals surface area contributed by atoms with Gasteiger partial charge in [0.05, 0.1) is 17.8 Å². The molecule has 1 heterocycles. The monoisotopic (exact) mass is 186 g/mol. The van der Waals surface area contributed by atoms with Crippen LogP contribution in [0.1, 0.15) is 47.0 Å². The van der Waals surface area contributed by atoms with Gasteiger partial charge in [-0.05, 0) is 26.2 Å². The maximum atomic E-state index is 10.3. The predicted molar refractivity (Wildman–Crippen MR) is 53.6 cm³/mol. The molecule has 78 valence electrons. The first kappa shape index (κ1) is 11.0. The Balaban J connectivity index is 2.55. The first-order valence-electron chi connectivity index (χ1n) is 5.29. The quantitative estimate of drug-likeness (QED) is 0.717. The van der Waals surface area contributed by atoms with Gasteiger partial charge in [0, 0.05) is 12.8 Å². The molecule has 1 aliphatic rings. The molecule has 0 saturated carbocycles. The Hall–Kier alpha value is -0.0800. The van der Waals surface area contributed by atoms with Crippen molar-refractivity contribution in [3.05, 3.63) is 0 Å². The summed E-state index contributed by atoms with van der Waals surface area (Å²) in [5.74, 6) is 0.558. The van der Waals surface area contributed by atoms with Crippen LogP contribution < -0.4 is 0 Å². The Morgan fingerprint density at radius 3 is 2.15 bits per heavy atom. The number of aliphatic hydroxyl groups is 1. The van der Waals surface area contributed by atoms with Crippen molar-refractivity contribution in [2.24, 2.45) is 5.92 Å². The zero-order valence-electron chi connectivity index (χ0n) is 9.21. The van der Waals surface area contributed by atoms with Gasteiger partial charge in [-0.25, -0.2) is 0 Å². The summed E-state index contributed by atoms with van der Waals surface area (Å²) in [4.78, 5) is 0. The first-order chi connectivity index (χ1) is 5.91. The molecular weight excluding hydrogens is 164 g/mol. The molecule has 3 atom stereocenters. The molecule has 2 nitrogen and oxygen atoms in total. The standard InChI is InChI=1S/C11H22O2/c1-8(2)5-11(12)6-9(3)13-10(4)7-11/h8-10,12H,5-7H2,1-4H3/t9-,10+,11?. The maximum Gasteiger partial charge on any atom is 0.0699 e. The molecule has 0 amide bonds. The molecule has 0 aromatic carbocycles. The van der Waals surface area contributed by atoms with Crippen LogP contribution in [0.15, 0.2) is 0 Å². The molecule has 0 bridgehead atoms. The minimum atomic E-state index is -0.481. The van der Waals surface area contributed by atoms with Crippen molar-refractivity contribution in [2.45, 2.75) is 64.8 Å². The summed E-state index contributed by atoms with van der Waals surface area (Å²) >= 11 is 0. The van der Waals surface area contributed by atoms with Gasteiger partial charge in [-0.1, -0.05) is 13.8 Å². The van der Waals surface area contributed by atoms with Gasteiger partial charge in [-0.3, -0.25) is 0 Å². The van der Waals surface area contributed by atoms with E-state index >= 15 is 0 Å². The summed E-state index contributed by atoms with van der Waals surface area (Å²) < 4.78 is 5.60. The minimum absolute atomic E-state index is 0.201. The summed E-state index contributed by atoms with van der Waals surface area (Å²) in [6.07, 6.45) is 2.87. The highest BCUT2D eigenvalue weighted by molar-refractivity contribution is 4.87. The lowest BCUT2D eigenvalue weighted by Crippen LogP contribution is -2.44. The van der Waals surface area contributed by atoms with Gasteiger partial charge in [0.25, 0.3) is 0 Å². The van der Waals surface area contributed by atoms with E-state index in [-0.39, 0.29) is 12.2 Å². The van der Waals surface area contributed by atoms with E-state index in [0.29, 0.717) is 5.92 Å². The molecule has 1 fully saturated rings. The van der Waals surface area contributed by atoms with Gasteiger partial charge >= 0.3 is 0 Å². The van der Waals surface area contributed by atoms with E-state index in [1.54, 1.807) is 0 Å². The average Bonchev–Trinajstić information content (AvgIpc) is 1.77. The van der Waals surface area contributed by atoms with Crippen molar-refractivity contribution in [1.82, 2.24) is 0 Å². The normalized spacial score (nSPS) is 41.1. The Morgan fingerprint density at radius 1 is 1.31 bits per heavy atom. The van der Waals surface area contributed by atoms with Crippen molar-refractivity contribution in [3.8, 4) is 0 Å². The third-order valence-electron chi connectivity index (χ3n) is 2.59. The van der Waals surface area contributed by atoms with Crippen LogP contribution in [0.5, 0.6) is 0 Å². The maximum absolute atomic E-state index is 10.3. The van der Waals surface area contributed by atoms with Gasteiger partial charge in [0.15, 0.2) is 0 Å². The molecular formula is C11H22O2. The van der Waals surface area contributed by atoms with Gasteiger partial charge in [-0.2, -0.15) is 0 Å². The third kappa shape index (κ3) is 3.28. The Bertz CT molecular complexity index is 150. The molecule has 1 N–H and O–H groups in total. The number of hydrogen-bond donors (Lipinski definition) is 1. The van der Waals surface area contributed by atoms with Gasteiger partial charge in [-0.15, -0.1) is 0 Å². The number of hydrogen-bond acceptors (Lipinski definition) is 2. The topological polar surface area (TPSA) is 29.5 Å². The summed E-state index contributed by atoms with van der Waals surface area (Å²) in [6.45, 7) is 8.40. The Morgan fingerprint density at radius 2 is 1.77 bits per heavy atom. The summed E-state index contributed by atoms with van der Waals surface area (Å²) in [7, 11) is 0. The van der Waals surface area contributed by atoms with E-state index in [2.05, 4.69) is 13.8 Å². The zero-order chi connectivity index (χ0) is 10.1. The van der Waals surface area contributed by atoms with Crippen LogP contribution >= 0.6 is 0 Å². The Kier molecular flexibility index (Phi) is 3.36. The second kappa shape index (κ2) is 3.97. The summed E-state index contributed by atoms with van der Waals surface area (Å²) in [6, 6.07) is 0. The van der Waals surface area contributed by atoms with Crippen molar-refractivity contribution in [3.63, 3.8) is 0 Å². The van der Waals surface area contributed by atoms with Gasteiger partial charge in [0.2, 0.25) is 0 Å². The molecule has 0 aliphatic carbocycles. The van der Waals surface area contributed by atoms with Crippen LogP contribution in [0.4, 0.5) is 0 Å². The molecule has 0 radical (unpaired) electrons. The summed E-state index contributed by atoms with van der Waals surface area (Å²) in [5, 5.41) is 10.3. The largest absolute Gasteiger partial charge is 0.390 e. The first-order valence-corrected chi connectivity index (χ1v) is 5.29. The fraction of sp³-hybridized carbons (Fsp3) is 1.00. The molecule has 1 aliphatic heterocycles. The van der Waals surface area contributed by atoms with Crippen LogP contribution in [-0.2, 0) is 4.74 Å². The molecule has 2 heteroatoms. The van der Waals surface area contributed by atoms with Crippen LogP contribution in [-0.4, -0.2) is 22.9 Å². The number of ether oxygens (including phenoxy) is 1. The summed E-state index contributed by atoms with van der Waals surface area (Å²) in [5.41, 5.74) is -0.481. The highest BCUT2D eigenvalue weighted by atomic mass is 16.5. The van der Waals surface area contributed by atoms with E-state index < -0.39 is 5.60 Å². The van der Waals surface area contributed by atoms with E-state index in [0.717, 1.165) is 19.3 Å². The molecule has 1 saturated heterocycles. The Labute approximate surface area is 81.3 Å². The van der Waals surface area contributed by atoms with Crippen molar-refractivity contribution in [2.75, 3.05) is 0 Å². The fourth-order valence-corrected chi connectivity index (χ4v) is 2.57. The molecule has 0 aromatic rings. The highest BCUT2D eigenvalue weighted by Crippen LogP contribution is 2.33. The van der Waals surface area contributed by atoms with Crippen LogP contribution in [0.3, 0.4) is 0 Å². The van der Waals surface area contributed by atoms with Crippen molar-refractivity contribution >= 4 is 0 Å². The lowest BCUT2D eigenvalue weighted by molar-refractivity contribution is -0.138. The lowest BCUT2D eigenvalue weighted by Gasteiger charge is -2.40. The molecule has 0 spiro atoms. The predicted octanol–water partition coefficient (Wildman–Crippen LogP) is 2.35. The van der Waals surface area contributed by atoms with Gasteiger partial charge in [0.1, 0.15) is 0 Å². The van der Waals surface area contributed by atoms with Crippen LogP contribution in [0, 0.1) is 5.92 Å². The van der Waals surface area contributed by atoms with Gasteiger partial charge < -0.3 is 9.84 Å².